The van der Waals surface area contributed by atoms with Crippen LogP contribution in [0.25, 0.3) is 0 Å². The van der Waals surface area contributed by atoms with Gasteiger partial charge in [-0.15, -0.1) is 0 Å². The number of nitrogens with zero attached hydrogens (tertiary/aromatic N) is 1. The summed E-state index contributed by atoms with van der Waals surface area (Å²) in [4.78, 5) is 16.1. The third kappa shape index (κ3) is 3.70. The molecule has 0 bridgehead atoms. The lowest BCUT2D eigenvalue weighted by Gasteiger charge is -2.14. The number of anilines is 1. The van der Waals surface area contributed by atoms with Crippen molar-refractivity contribution in [1.29, 1.82) is 0 Å². The van der Waals surface area contributed by atoms with Crippen molar-refractivity contribution in [2.24, 2.45) is 11.8 Å². The predicted octanol–water partition coefficient (Wildman–Crippen LogP) is 1.84. The number of aromatic nitrogens is 1. The van der Waals surface area contributed by atoms with Crippen molar-refractivity contribution in [1.82, 2.24) is 10.3 Å². The Morgan fingerprint density at radius 1 is 1.44 bits per heavy atom. The number of hydrogen-bond donors (Lipinski definition) is 3. The smallest absolute Gasteiger partial charge is 0.255 e. The normalized spacial score (nSPS) is 10.5. The summed E-state index contributed by atoms with van der Waals surface area (Å²) in [6.45, 7) is 6.79. The summed E-state index contributed by atoms with van der Waals surface area (Å²) in [6, 6.07) is 1.76. The molecule has 0 unspecified atom stereocenters. The molecule has 5 nitrogen and oxygen atoms in total. The summed E-state index contributed by atoms with van der Waals surface area (Å²) in [7, 11) is 0. The summed E-state index contributed by atoms with van der Waals surface area (Å²) < 4.78 is 0. The molecule has 0 spiro atoms. The van der Waals surface area contributed by atoms with E-state index < -0.39 is 0 Å². The monoisotopic (exact) mass is 250 g/mol. The van der Waals surface area contributed by atoms with Gasteiger partial charge in [0.25, 0.3) is 5.91 Å². The number of hydrogen-bond acceptors (Lipinski definition) is 4. The maximum atomic E-state index is 12.0. The van der Waals surface area contributed by atoms with E-state index in [1.807, 2.05) is 6.92 Å². The molecule has 1 heterocycles. The molecule has 0 aliphatic carbocycles. The molecule has 0 radical (unpaired) electrons. The van der Waals surface area contributed by atoms with E-state index in [-0.39, 0.29) is 5.91 Å². The first-order valence-corrected chi connectivity index (χ1v) is 6.33. The van der Waals surface area contributed by atoms with Crippen molar-refractivity contribution in [3.63, 3.8) is 0 Å². The van der Waals surface area contributed by atoms with Crippen LogP contribution < -0.4 is 16.6 Å². The van der Waals surface area contributed by atoms with Gasteiger partial charge in [-0.25, -0.2) is 0 Å². The summed E-state index contributed by atoms with van der Waals surface area (Å²) in [5.74, 6) is 5.79. The third-order valence-corrected chi connectivity index (χ3v) is 3.15. The quantitative estimate of drug-likeness (QED) is 0.531. The van der Waals surface area contributed by atoms with Crippen LogP contribution in [0.2, 0.25) is 0 Å². The second-order valence-corrected chi connectivity index (χ2v) is 4.41. The van der Waals surface area contributed by atoms with Crippen molar-refractivity contribution < 1.29 is 4.79 Å². The first kappa shape index (κ1) is 14.4. The second-order valence-electron chi connectivity index (χ2n) is 4.41. The van der Waals surface area contributed by atoms with Gasteiger partial charge >= 0.3 is 0 Å². The van der Waals surface area contributed by atoms with Gasteiger partial charge in [0, 0.05) is 18.4 Å². The van der Waals surface area contributed by atoms with E-state index in [0.29, 0.717) is 23.7 Å². The van der Waals surface area contributed by atoms with Crippen molar-refractivity contribution in [2.75, 3.05) is 12.0 Å². The average molecular weight is 250 g/mol. The van der Waals surface area contributed by atoms with Crippen LogP contribution in [0.15, 0.2) is 12.3 Å². The largest absolute Gasteiger partial charge is 0.352 e. The number of carbonyl (C=O) groups excluding carboxylic acids is 1. The Hall–Kier alpha value is -1.62. The molecule has 18 heavy (non-hydrogen) atoms. The van der Waals surface area contributed by atoms with E-state index in [9.17, 15) is 4.79 Å². The average Bonchev–Trinajstić information content (AvgIpc) is 2.39. The number of nitrogen functional groups attached to an aromatic ring is 1. The van der Waals surface area contributed by atoms with E-state index in [4.69, 9.17) is 5.84 Å². The summed E-state index contributed by atoms with van der Waals surface area (Å²) in [6.07, 6.45) is 3.67. The van der Waals surface area contributed by atoms with Gasteiger partial charge in [-0.3, -0.25) is 15.6 Å². The van der Waals surface area contributed by atoms with Gasteiger partial charge < -0.3 is 10.7 Å². The molecular formula is C13H22N4O. The summed E-state index contributed by atoms with van der Waals surface area (Å²) in [5.41, 5.74) is 4.43. The minimum atomic E-state index is -0.137. The van der Waals surface area contributed by atoms with Crippen molar-refractivity contribution in [3.8, 4) is 0 Å². The highest BCUT2D eigenvalue weighted by Gasteiger charge is 2.13. The molecule has 0 saturated carbocycles. The van der Waals surface area contributed by atoms with Crippen molar-refractivity contribution >= 4 is 11.6 Å². The van der Waals surface area contributed by atoms with Crippen molar-refractivity contribution in [2.45, 2.75) is 33.6 Å². The van der Waals surface area contributed by atoms with E-state index >= 15 is 0 Å². The fraction of sp³-hybridized carbons (Fsp3) is 0.538. The zero-order valence-corrected chi connectivity index (χ0v) is 11.3. The van der Waals surface area contributed by atoms with E-state index in [1.165, 1.54) is 0 Å². The maximum Gasteiger partial charge on any atom is 0.255 e. The lowest BCUT2D eigenvalue weighted by molar-refractivity contribution is 0.0947. The highest BCUT2D eigenvalue weighted by atomic mass is 16.1. The number of amides is 1. The molecule has 1 rings (SSSR count). The Morgan fingerprint density at radius 2 is 2.11 bits per heavy atom. The van der Waals surface area contributed by atoms with Crippen molar-refractivity contribution in [3.05, 3.63) is 23.5 Å². The number of hydrazine groups is 1. The fourth-order valence-electron chi connectivity index (χ4n) is 1.77. The molecule has 1 amide bonds. The van der Waals surface area contributed by atoms with Gasteiger partial charge in [0.1, 0.15) is 0 Å². The summed E-state index contributed by atoms with van der Waals surface area (Å²) in [5, 5.41) is 2.92. The van der Waals surface area contributed by atoms with Gasteiger partial charge in [-0.1, -0.05) is 26.7 Å². The zero-order valence-electron chi connectivity index (χ0n) is 11.3. The van der Waals surface area contributed by atoms with Crippen LogP contribution in [0, 0.1) is 12.8 Å². The molecule has 0 saturated heterocycles. The number of rotatable bonds is 6. The Kier molecular flexibility index (Phi) is 5.58. The SMILES string of the molecule is CCC(CC)CNC(=O)c1cnc(C)cc1NN. The lowest BCUT2D eigenvalue weighted by atomic mass is 10.0. The second kappa shape index (κ2) is 6.96. The zero-order chi connectivity index (χ0) is 13.5. The van der Waals surface area contributed by atoms with Crippen LogP contribution in [0.1, 0.15) is 42.7 Å². The molecule has 1 aromatic rings. The Bertz CT molecular complexity index is 402. The first-order valence-electron chi connectivity index (χ1n) is 6.33. The third-order valence-electron chi connectivity index (χ3n) is 3.15. The van der Waals surface area contributed by atoms with Crippen LogP contribution in [0.4, 0.5) is 5.69 Å². The Morgan fingerprint density at radius 3 is 2.67 bits per heavy atom. The van der Waals surface area contributed by atoms with Gasteiger partial charge in [-0.2, -0.15) is 0 Å². The standard InChI is InChI=1S/C13H22N4O/c1-4-10(5-2)7-16-13(18)11-8-15-9(3)6-12(11)17-14/h6,8,10H,4-5,7,14H2,1-3H3,(H,15,17)(H,16,18). The van der Waals surface area contributed by atoms with Gasteiger partial charge in [0.2, 0.25) is 0 Å². The van der Waals surface area contributed by atoms with Crippen LogP contribution in [-0.2, 0) is 0 Å². The Balaban J connectivity index is 2.72. The maximum absolute atomic E-state index is 12.0. The molecule has 1 aromatic heterocycles. The van der Waals surface area contributed by atoms with E-state index in [0.717, 1.165) is 18.5 Å². The summed E-state index contributed by atoms with van der Waals surface area (Å²) >= 11 is 0. The molecule has 5 heteroatoms. The lowest BCUT2D eigenvalue weighted by Crippen LogP contribution is -2.30. The van der Waals surface area contributed by atoms with Crippen LogP contribution in [0.3, 0.4) is 0 Å². The molecule has 100 valence electrons. The highest BCUT2D eigenvalue weighted by Crippen LogP contribution is 2.14. The number of carbonyl (C=O) groups is 1. The molecule has 0 aliphatic rings. The highest BCUT2D eigenvalue weighted by molar-refractivity contribution is 5.99. The first-order chi connectivity index (χ1) is 8.62. The van der Waals surface area contributed by atoms with E-state index in [1.54, 1.807) is 12.3 Å². The van der Waals surface area contributed by atoms with Crippen LogP contribution >= 0.6 is 0 Å². The van der Waals surface area contributed by atoms with Crippen LogP contribution in [-0.4, -0.2) is 17.4 Å². The molecule has 0 aliphatic heterocycles. The van der Waals surface area contributed by atoms with Gasteiger partial charge in [0.05, 0.1) is 11.3 Å². The minimum absolute atomic E-state index is 0.137. The minimum Gasteiger partial charge on any atom is -0.352 e. The molecule has 0 fully saturated rings. The molecule has 0 atom stereocenters. The molecule has 0 aromatic carbocycles. The number of aryl methyl sites for hydroxylation is 1. The topological polar surface area (TPSA) is 80.0 Å². The molecule has 4 N–H and O–H groups in total. The fourth-order valence-corrected chi connectivity index (χ4v) is 1.77. The van der Waals surface area contributed by atoms with E-state index in [2.05, 4.69) is 29.6 Å². The number of nitrogens with one attached hydrogen (secondary N) is 2. The molecular weight excluding hydrogens is 228 g/mol. The number of nitrogens with two attached hydrogens (primary N) is 1. The van der Waals surface area contributed by atoms with Gasteiger partial charge in [-0.05, 0) is 18.9 Å². The van der Waals surface area contributed by atoms with Gasteiger partial charge in [0.15, 0.2) is 0 Å². The number of pyridine rings is 1. The Labute approximate surface area is 108 Å². The van der Waals surface area contributed by atoms with Crippen LogP contribution in [0.5, 0.6) is 0 Å². The predicted molar refractivity (Wildman–Crippen MR) is 73.2 cm³/mol.